The van der Waals surface area contributed by atoms with Gasteiger partial charge in [0.1, 0.15) is 5.75 Å². The Kier molecular flexibility index (Phi) is 5.62. The zero-order valence-electron chi connectivity index (χ0n) is 10.8. The van der Waals surface area contributed by atoms with Crippen LogP contribution < -0.4 is 16.2 Å². The Morgan fingerprint density at radius 1 is 1.21 bits per heavy atom. The Hall–Kier alpha value is -1.27. The molecule has 3 nitrogen and oxygen atoms in total. The van der Waals surface area contributed by atoms with E-state index in [1.807, 2.05) is 0 Å². The summed E-state index contributed by atoms with van der Waals surface area (Å²) in [6, 6.07) is 3.54. The molecule has 0 heterocycles. The minimum atomic E-state index is -4.36. The van der Waals surface area contributed by atoms with E-state index in [4.69, 9.17) is 16.2 Å². The topological polar surface area (TPSA) is 61.3 Å². The van der Waals surface area contributed by atoms with Crippen molar-refractivity contribution in [3.05, 3.63) is 29.3 Å². The minimum Gasteiger partial charge on any atom is -0.496 e. The van der Waals surface area contributed by atoms with Gasteiger partial charge in [0, 0.05) is 0 Å². The van der Waals surface area contributed by atoms with Gasteiger partial charge >= 0.3 is 6.18 Å². The van der Waals surface area contributed by atoms with E-state index in [2.05, 4.69) is 0 Å². The Morgan fingerprint density at radius 2 is 1.84 bits per heavy atom. The molecule has 0 aliphatic rings. The molecule has 0 fully saturated rings. The zero-order chi connectivity index (χ0) is 14.5. The van der Waals surface area contributed by atoms with Crippen molar-refractivity contribution < 1.29 is 17.9 Å². The van der Waals surface area contributed by atoms with Crippen molar-refractivity contribution in [2.45, 2.75) is 19.0 Å². The van der Waals surface area contributed by atoms with Crippen molar-refractivity contribution in [2.24, 2.45) is 17.4 Å². The average molecular weight is 276 g/mol. The molecule has 1 aromatic rings. The third-order valence-corrected chi connectivity index (χ3v) is 3.10. The highest BCUT2D eigenvalue weighted by atomic mass is 19.4. The molecule has 0 saturated carbocycles. The molecule has 0 spiro atoms. The molecule has 19 heavy (non-hydrogen) atoms. The number of benzene rings is 1. The Morgan fingerprint density at radius 3 is 2.32 bits per heavy atom. The molecule has 0 aliphatic carbocycles. The van der Waals surface area contributed by atoms with E-state index in [1.165, 1.54) is 13.2 Å². The quantitative estimate of drug-likeness (QED) is 0.837. The fourth-order valence-corrected chi connectivity index (χ4v) is 1.82. The SMILES string of the molecule is COc1cc(C(F)(F)F)ccc1CCC(CN)CN. The number of rotatable bonds is 6. The van der Waals surface area contributed by atoms with Crippen LogP contribution in [0.2, 0.25) is 0 Å². The van der Waals surface area contributed by atoms with Crippen LogP contribution in [0.3, 0.4) is 0 Å². The molecule has 0 aliphatic heterocycles. The molecule has 1 aromatic carbocycles. The van der Waals surface area contributed by atoms with E-state index in [-0.39, 0.29) is 11.7 Å². The highest BCUT2D eigenvalue weighted by Crippen LogP contribution is 2.33. The summed E-state index contributed by atoms with van der Waals surface area (Å²) in [5.41, 5.74) is 11.1. The lowest BCUT2D eigenvalue weighted by Crippen LogP contribution is -2.23. The number of alkyl halides is 3. The molecule has 0 saturated heterocycles. The Labute approximate surface area is 110 Å². The standard InChI is InChI=1S/C13H19F3N2O/c1-19-12-6-11(13(14,15)16)5-4-10(12)3-2-9(7-17)8-18/h4-6,9H,2-3,7-8,17-18H2,1H3. The largest absolute Gasteiger partial charge is 0.496 e. The highest BCUT2D eigenvalue weighted by Gasteiger charge is 2.31. The molecule has 0 atom stereocenters. The number of hydrogen-bond acceptors (Lipinski definition) is 3. The molecular weight excluding hydrogens is 257 g/mol. The van der Waals surface area contributed by atoms with Crippen LogP contribution in [0.4, 0.5) is 13.2 Å². The first-order valence-corrected chi connectivity index (χ1v) is 6.06. The predicted molar refractivity (Wildman–Crippen MR) is 67.9 cm³/mol. The lowest BCUT2D eigenvalue weighted by atomic mass is 9.98. The van der Waals surface area contributed by atoms with Crippen LogP contribution >= 0.6 is 0 Å². The number of ether oxygens (including phenoxy) is 1. The number of halogens is 3. The summed E-state index contributed by atoms with van der Waals surface area (Å²) in [4.78, 5) is 0. The molecule has 0 bridgehead atoms. The molecule has 108 valence electrons. The average Bonchev–Trinajstić information content (AvgIpc) is 2.38. The fraction of sp³-hybridized carbons (Fsp3) is 0.538. The van der Waals surface area contributed by atoms with Gasteiger partial charge in [-0.3, -0.25) is 0 Å². The normalized spacial score (nSPS) is 11.9. The van der Waals surface area contributed by atoms with Gasteiger partial charge in [-0.05, 0) is 49.5 Å². The van der Waals surface area contributed by atoms with Gasteiger partial charge in [0.25, 0.3) is 0 Å². The molecule has 0 amide bonds. The van der Waals surface area contributed by atoms with E-state index in [1.54, 1.807) is 0 Å². The van der Waals surface area contributed by atoms with Crippen molar-refractivity contribution in [3.63, 3.8) is 0 Å². The number of methoxy groups -OCH3 is 1. The van der Waals surface area contributed by atoms with Crippen LogP contribution in [0.15, 0.2) is 18.2 Å². The van der Waals surface area contributed by atoms with Gasteiger partial charge in [-0.2, -0.15) is 13.2 Å². The van der Waals surface area contributed by atoms with Gasteiger partial charge in [-0.1, -0.05) is 6.07 Å². The Bertz CT molecular complexity index is 403. The first-order valence-electron chi connectivity index (χ1n) is 6.06. The van der Waals surface area contributed by atoms with Crippen LogP contribution in [0.5, 0.6) is 5.75 Å². The van der Waals surface area contributed by atoms with Crippen molar-refractivity contribution in [2.75, 3.05) is 20.2 Å². The van der Waals surface area contributed by atoms with E-state index in [9.17, 15) is 13.2 Å². The van der Waals surface area contributed by atoms with Crippen molar-refractivity contribution in [1.29, 1.82) is 0 Å². The lowest BCUT2D eigenvalue weighted by Gasteiger charge is -2.15. The van der Waals surface area contributed by atoms with E-state index < -0.39 is 11.7 Å². The third kappa shape index (κ3) is 4.40. The number of aryl methyl sites for hydroxylation is 1. The summed E-state index contributed by atoms with van der Waals surface area (Å²) in [5, 5.41) is 0. The van der Waals surface area contributed by atoms with Crippen molar-refractivity contribution >= 4 is 0 Å². The van der Waals surface area contributed by atoms with E-state index in [0.717, 1.165) is 24.1 Å². The predicted octanol–water partition coefficient (Wildman–Crippen LogP) is 2.18. The fourth-order valence-electron chi connectivity index (χ4n) is 1.82. The minimum absolute atomic E-state index is 0.173. The van der Waals surface area contributed by atoms with Gasteiger partial charge in [0.05, 0.1) is 12.7 Å². The highest BCUT2D eigenvalue weighted by molar-refractivity contribution is 5.38. The molecule has 0 unspecified atom stereocenters. The van der Waals surface area contributed by atoms with E-state index >= 15 is 0 Å². The molecular formula is C13H19F3N2O. The first kappa shape index (κ1) is 15.8. The maximum atomic E-state index is 12.6. The van der Waals surface area contributed by atoms with Gasteiger partial charge in [-0.15, -0.1) is 0 Å². The number of hydrogen-bond donors (Lipinski definition) is 2. The lowest BCUT2D eigenvalue weighted by molar-refractivity contribution is -0.137. The van der Waals surface area contributed by atoms with Gasteiger partial charge in [0.15, 0.2) is 0 Å². The smallest absolute Gasteiger partial charge is 0.416 e. The van der Waals surface area contributed by atoms with Crippen LogP contribution in [-0.4, -0.2) is 20.2 Å². The summed E-state index contributed by atoms with van der Waals surface area (Å²) in [7, 11) is 1.36. The van der Waals surface area contributed by atoms with E-state index in [0.29, 0.717) is 19.5 Å². The summed E-state index contributed by atoms with van der Waals surface area (Å²) in [5.74, 6) is 0.426. The molecule has 0 aromatic heterocycles. The third-order valence-electron chi connectivity index (χ3n) is 3.10. The maximum absolute atomic E-state index is 12.6. The molecule has 4 N–H and O–H groups in total. The summed E-state index contributed by atoms with van der Waals surface area (Å²) in [6.07, 6.45) is -3.03. The second-order valence-corrected chi connectivity index (χ2v) is 4.40. The second kappa shape index (κ2) is 6.77. The Balaban J connectivity index is 2.85. The van der Waals surface area contributed by atoms with Crippen LogP contribution in [-0.2, 0) is 12.6 Å². The summed E-state index contributed by atoms with van der Waals surface area (Å²) < 4.78 is 42.7. The van der Waals surface area contributed by atoms with Crippen molar-refractivity contribution in [3.8, 4) is 5.75 Å². The van der Waals surface area contributed by atoms with Gasteiger partial charge in [-0.25, -0.2) is 0 Å². The molecule has 0 radical (unpaired) electrons. The maximum Gasteiger partial charge on any atom is 0.416 e. The molecule has 6 heteroatoms. The zero-order valence-corrected chi connectivity index (χ0v) is 10.8. The monoisotopic (exact) mass is 276 g/mol. The van der Waals surface area contributed by atoms with Gasteiger partial charge < -0.3 is 16.2 Å². The van der Waals surface area contributed by atoms with Crippen molar-refractivity contribution in [1.82, 2.24) is 0 Å². The van der Waals surface area contributed by atoms with Crippen LogP contribution in [0.25, 0.3) is 0 Å². The molecule has 1 rings (SSSR count). The van der Waals surface area contributed by atoms with Crippen LogP contribution in [0.1, 0.15) is 17.5 Å². The summed E-state index contributed by atoms with van der Waals surface area (Å²) >= 11 is 0. The van der Waals surface area contributed by atoms with Crippen LogP contribution in [0, 0.1) is 5.92 Å². The second-order valence-electron chi connectivity index (χ2n) is 4.40. The first-order chi connectivity index (χ1) is 8.92. The summed E-state index contributed by atoms with van der Waals surface area (Å²) in [6.45, 7) is 0.943. The van der Waals surface area contributed by atoms with Gasteiger partial charge in [0.2, 0.25) is 0 Å². The number of nitrogens with two attached hydrogens (primary N) is 2.